The number of nitrogens with zero attached hydrogens (tertiary/aromatic N) is 3. The van der Waals surface area contributed by atoms with Crippen LogP contribution in [0.25, 0.3) is 0 Å². The highest BCUT2D eigenvalue weighted by Gasteiger charge is 2.21. The zero-order valence-corrected chi connectivity index (χ0v) is 14.8. The summed E-state index contributed by atoms with van der Waals surface area (Å²) in [5.41, 5.74) is 1.05. The number of halogens is 1. The molecule has 0 bridgehead atoms. The van der Waals surface area contributed by atoms with Gasteiger partial charge in [-0.15, -0.1) is 35.3 Å². The average molecular weight is 395 g/mol. The van der Waals surface area contributed by atoms with Crippen LogP contribution in [-0.2, 0) is 6.54 Å². The van der Waals surface area contributed by atoms with Crippen LogP contribution in [0.1, 0.15) is 18.5 Å². The summed E-state index contributed by atoms with van der Waals surface area (Å²) in [6, 6.07) is 0. The van der Waals surface area contributed by atoms with Crippen molar-refractivity contribution in [2.75, 3.05) is 32.6 Å². The van der Waals surface area contributed by atoms with Crippen molar-refractivity contribution >= 4 is 46.4 Å². The third-order valence-electron chi connectivity index (χ3n) is 2.84. The molecule has 1 saturated carbocycles. The van der Waals surface area contributed by atoms with Crippen molar-refractivity contribution in [1.82, 2.24) is 15.6 Å². The van der Waals surface area contributed by atoms with E-state index in [0.29, 0.717) is 6.54 Å². The molecule has 108 valence electrons. The Morgan fingerprint density at radius 2 is 2.21 bits per heavy atom. The van der Waals surface area contributed by atoms with E-state index < -0.39 is 0 Å². The summed E-state index contributed by atoms with van der Waals surface area (Å²) in [6.07, 6.45) is 2.70. The molecule has 0 radical (unpaired) electrons. The molecule has 0 aromatic carbocycles. The zero-order valence-electron chi connectivity index (χ0n) is 11.6. The molecule has 2 rings (SSSR count). The van der Waals surface area contributed by atoms with E-state index in [0.717, 1.165) is 29.2 Å². The van der Waals surface area contributed by atoms with Gasteiger partial charge in [0, 0.05) is 33.1 Å². The maximum absolute atomic E-state index is 4.52. The molecule has 0 amide bonds. The van der Waals surface area contributed by atoms with Crippen LogP contribution >= 0.6 is 35.3 Å². The summed E-state index contributed by atoms with van der Waals surface area (Å²) in [7, 11) is 5.81. The lowest BCUT2D eigenvalue weighted by Crippen LogP contribution is -2.37. The number of hydrogen-bond donors (Lipinski definition) is 2. The fourth-order valence-electron chi connectivity index (χ4n) is 1.54. The van der Waals surface area contributed by atoms with Crippen molar-refractivity contribution in [2.24, 2.45) is 10.9 Å². The fourth-order valence-corrected chi connectivity index (χ4v) is 2.30. The highest BCUT2D eigenvalue weighted by atomic mass is 127. The van der Waals surface area contributed by atoms with Gasteiger partial charge in [-0.3, -0.25) is 4.99 Å². The van der Waals surface area contributed by atoms with Gasteiger partial charge in [0.1, 0.15) is 0 Å². The zero-order chi connectivity index (χ0) is 13.0. The van der Waals surface area contributed by atoms with E-state index in [2.05, 4.69) is 26.0 Å². The van der Waals surface area contributed by atoms with Crippen LogP contribution in [0.4, 0.5) is 5.13 Å². The van der Waals surface area contributed by atoms with Gasteiger partial charge in [-0.25, -0.2) is 4.98 Å². The molecule has 0 saturated heterocycles. The van der Waals surface area contributed by atoms with Gasteiger partial charge in [-0.1, -0.05) is 0 Å². The summed E-state index contributed by atoms with van der Waals surface area (Å²) in [5, 5.41) is 9.74. The summed E-state index contributed by atoms with van der Waals surface area (Å²) in [4.78, 5) is 10.7. The van der Waals surface area contributed by atoms with E-state index in [1.165, 1.54) is 12.8 Å². The van der Waals surface area contributed by atoms with Gasteiger partial charge in [-0.2, -0.15) is 0 Å². The lowest BCUT2D eigenvalue weighted by molar-refractivity contribution is 0.734. The number of thiazole rings is 1. The smallest absolute Gasteiger partial charge is 0.191 e. The van der Waals surface area contributed by atoms with Gasteiger partial charge in [0.2, 0.25) is 0 Å². The minimum absolute atomic E-state index is 0. The highest BCUT2D eigenvalue weighted by Crippen LogP contribution is 2.27. The summed E-state index contributed by atoms with van der Waals surface area (Å²) >= 11 is 1.66. The lowest BCUT2D eigenvalue weighted by atomic mass is 10.4. The average Bonchev–Trinajstić information content (AvgIpc) is 3.05. The predicted molar refractivity (Wildman–Crippen MR) is 92.8 cm³/mol. The Hall–Kier alpha value is -0.570. The number of aromatic nitrogens is 1. The second-order valence-electron chi connectivity index (χ2n) is 4.77. The van der Waals surface area contributed by atoms with Crippen LogP contribution in [0.3, 0.4) is 0 Å². The van der Waals surface area contributed by atoms with Crippen LogP contribution in [0.2, 0.25) is 0 Å². The molecule has 0 spiro atoms. The SMILES string of the molecule is CN=C(NCc1csc(N(C)C)n1)NCC1CC1.I. The molecule has 19 heavy (non-hydrogen) atoms. The molecule has 0 unspecified atom stereocenters. The Kier molecular flexibility index (Phi) is 6.84. The summed E-state index contributed by atoms with van der Waals surface area (Å²) < 4.78 is 0. The Labute approximate surface area is 135 Å². The third kappa shape index (κ3) is 5.52. The number of anilines is 1. The second-order valence-corrected chi connectivity index (χ2v) is 5.60. The largest absolute Gasteiger partial charge is 0.356 e. The predicted octanol–water partition coefficient (Wildman–Crippen LogP) is 1.90. The van der Waals surface area contributed by atoms with Gasteiger partial charge in [0.25, 0.3) is 0 Å². The maximum Gasteiger partial charge on any atom is 0.191 e. The highest BCUT2D eigenvalue weighted by molar-refractivity contribution is 14.0. The molecule has 0 aliphatic heterocycles. The number of aliphatic imine (C=N–C) groups is 1. The van der Waals surface area contributed by atoms with Crippen molar-refractivity contribution < 1.29 is 0 Å². The standard InChI is InChI=1S/C12H21N5S.HI/c1-13-11(14-6-9-4-5-9)15-7-10-8-18-12(16-10)17(2)3;/h8-9H,4-7H2,1-3H3,(H2,13,14,15);1H. The number of nitrogens with one attached hydrogen (secondary N) is 2. The quantitative estimate of drug-likeness (QED) is 0.454. The number of rotatable bonds is 5. The van der Waals surface area contributed by atoms with Crippen LogP contribution in [-0.4, -0.2) is 38.6 Å². The first-order chi connectivity index (χ1) is 8.69. The molecule has 2 N–H and O–H groups in total. The van der Waals surface area contributed by atoms with Crippen molar-refractivity contribution in [3.8, 4) is 0 Å². The maximum atomic E-state index is 4.52. The van der Waals surface area contributed by atoms with Crippen LogP contribution < -0.4 is 15.5 Å². The Morgan fingerprint density at radius 1 is 1.47 bits per heavy atom. The number of guanidine groups is 1. The van der Waals surface area contributed by atoms with Crippen LogP contribution in [0, 0.1) is 5.92 Å². The first kappa shape index (κ1) is 16.5. The van der Waals surface area contributed by atoms with E-state index in [1.807, 2.05) is 19.0 Å². The molecule has 5 nitrogen and oxygen atoms in total. The summed E-state index contributed by atoms with van der Waals surface area (Å²) in [6.45, 7) is 1.74. The minimum Gasteiger partial charge on any atom is -0.356 e. The number of hydrogen-bond acceptors (Lipinski definition) is 4. The van der Waals surface area contributed by atoms with Gasteiger partial charge < -0.3 is 15.5 Å². The van der Waals surface area contributed by atoms with Crippen LogP contribution in [0.15, 0.2) is 10.4 Å². The van der Waals surface area contributed by atoms with E-state index in [1.54, 1.807) is 18.4 Å². The van der Waals surface area contributed by atoms with Crippen molar-refractivity contribution in [3.63, 3.8) is 0 Å². The molecule has 1 aromatic heterocycles. The Morgan fingerprint density at radius 3 is 2.74 bits per heavy atom. The first-order valence-corrected chi connectivity index (χ1v) is 7.13. The lowest BCUT2D eigenvalue weighted by Gasteiger charge is -2.10. The van der Waals surface area contributed by atoms with Crippen molar-refractivity contribution in [2.45, 2.75) is 19.4 Å². The van der Waals surface area contributed by atoms with Crippen molar-refractivity contribution in [1.29, 1.82) is 0 Å². The van der Waals surface area contributed by atoms with Crippen molar-refractivity contribution in [3.05, 3.63) is 11.1 Å². The summed E-state index contributed by atoms with van der Waals surface area (Å²) in [5.74, 6) is 1.71. The second kappa shape index (κ2) is 7.88. The van der Waals surface area contributed by atoms with E-state index in [-0.39, 0.29) is 24.0 Å². The topological polar surface area (TPSA) is 52.6 Å². The molecule has 1 heterocycles. The monoisotopic (exact) mass is 395 g/mol. The molecule has 1 aliphatic rings. The normalized spacial score (nSPS) is 14.8. The molecular formula is C12H22IN5S. The molecule has 1 aromatic rings. The van der Waals surface area contributed by atoms with Gasteiger partial charge in [0.05, 0.1) is 12.2 Å². The molecule has 1 aliphatic carbocycles. The van der Waals surface area contributed by atoms with E-state index in [4.69, 9.17) is 0 Å². The molecule has 1 fully saturated rings. The fraction of sp³-hybridized carbons (Fsp3) is 0.667. The van der Waals surface area contributed by atoms with Gasteiger partial charge in [-0.05, 0) is 18.8 Å². The third-order valence-corrected chi connectivity index (χ3v) is 3.90. The molecule has 7 heteroatoms. The first-order valence-electron chi connectivity index (χ1n) is 6.25. The van der Waals surface area contributed by atoms with Gasteiger partial charge >= 0.3 is 0 Å². The van der Waals surface area contributed by atoms with Crippen LogP contribution in [0.5, 0.6) is 0 Å². The van der Waals surface area contributed by atoms with Gasteiger partial charge in [0.15, 0.2) is 11.1 Å². The molecular weight excluding hydrogens is 373 g/mol. The van der Waals surface area contributed by atoms with E-state index in [9.17, 15) is 0 Å². The minimum atomic E-state index is 0. The van der Waals surface area contributed by atoms with E-state index >= 15 is 0 Å². The molecule has 0 atom stereocenters. The Bertz CT molecular complexity index is 414. The Balaban J connectivity index is 0.00000180.